The van der Waals surface area contributed by atoms with Gasteiger partial charge in [0.25, 0.3) is 0 Å². The second kappa shape index (κ2) is 7.21. The van der Waals surface area contributed by atoms with Crippen molar-refractivity contribution in [1.29, 1.82) is 0 Å². The van der Waals surface area contributed by atoms with Gasteiger partial charge in [-0.25, -0.2) is 9.78 Å². The molecular weight excluding hydrogens is 382 g/mol. The molecule has 0 spiro atoms. The van der Waals surface area contributed by atoms with Gasteiger partial charge < -0.3 is 20.7 Å². The molecule has 9 nitrogen and oxygen atoms in total. The molecule has 0 bridgehead atoms. The Kier molecular flexibility index (Phi) is 4.25. The van der Waals surface area contributed by atoms with Crippen LogP contribution in [0.2, 0.25) is 0 Å². The number of benzene rings is 2. The number of carboxylic acids is 1. The highest BCUT2D eigenvalue weighted by Crippen LogP contribution is 2.26. The number of H-pyrrole nitrogens is 2. The van der Waals surface area contributed by atoms with E-state index in [1.165, 1.54) is 12.1 Å². The standard InChI is InChI=1S/C21H17N7O2/c29-20(30)14-8-17(15-11-25-28-18(15)9-14)26-21-23-6-4-19(27-21)24-10-12-1-2-16-13(7-12)3-5-22-16/h1-9,11,22H,10H2,(H,25,28)(H,29,30)(H2,23,24,26,27). The van der Waals surface area contributed by atoms with E-state index >= 15 is 0 Å². The molecule has 9 heteroatoms. The SMILES string of the molecule is O=C(O)c1cc(Nc2nccc(NCc3ccc4[nH]ccc4c3)n2)c2cn[nH]c2c1. The monoisotopic (exact) mass is 399 g/mol. The molecule has 3 heterocycles. The summed E-state index contributed by atoms with van der Waals surface area (Å²) in [6.45, 7) is 0.609. The van der Waals surface area contributed by atoms with Gasteiger partial charge in [0.15, 0.2) is 0 Å². The molecular formula is C21H17N7O2. The van der Waals surface area contributed by atoms with E-state index in [4.69, 9.17) is 0 Å². The van der Waals surface area contributed by atoms with Gasteiger partial charge in [-0.3, -0.25) is 5.10 Å². The van der Waals surface area contributed by atoms with Gasteiger partial charge in [-0.2, -0.15) is 10.1 Å². The Bertz CT molecular complexity index is 1370. The molecule has 0 atom stereocenters. The Morgan fingerprint density at radius 1 is 1.10 bits per heavy atom. The van der Waals surface area contributed by atoms with Crippen molar-refractivity contribution in [3.63, 3.8) is 0 Å². The first-order valence-electron chi connectivity index (χ1n) is 9.26. The van der Waals surface area contributed by atoms with Crippen molar-refractivity contribution in [2.24, 2.45) is 0 Å². The van der Waals surface area contributed by atoms with Gasteiger partial charge >= 0.3 is 5.97 Å². The van der Waals surface area contributed by atoms with Crippen molar-refractivity contribution in [3.05, 3.63) is 72.2 Å². The average Bonchev–Trinajstić information content (AvgIpc) is 3.41. The van der Waals surface area contributed by atoms with Gasteiger partial charge in [-0.05, 0) is 47.3 Å². The fourth-order valence-corrected chi connectivity index (χ4v) is 3.32. The van der Waals surface area contributed by atoms with Crippen molar-refractivity contribution in [1.82, 2.24) is 25.1 Å². The van der Waals surface area contributed by atoms with Crippen molar-refractivity contribution in [3.8, 4) is 0 Å². The number of aromatic nitrogens is 5. The number of aromatic amines is 2. The smallest absolute Gasteiger partial charge is 0.335 e. The maximum Gasteiger partial charge on any atom is 0.335 e. The highest BCUT2D eigenvalue weighted by molar-refractivity contribution is 6.00. The molecule has 0 radical (unpaired) electrons. The first kappa shape index (κ1) is 17.7. The molecule has 2 aromatic carbocycles. The number of fused-ring (bicyclic) bond motifs is 2. The minimum absolute atomic E-state index is 0.142. The van der Waals surface area contributed by atoms with E-state index in [1.807, 2.05) is 18.3 Å². The number of nitrogens with one attached hydrogen (secondary N) is 4. The maximum atomic E-state index is 11.4. The number of aromatic carboxylic acids is 1. The third-order valence-electron chi connectivity index (χ3n) is 4.80. The summed E-state index contributed by atoms with van der Waals surface area (Å²) in [6.07, 6.45) is 5.18. The van der Waals surface area contributed by atoms with E-state index in [0.29, 0.717) is 29.5 Å². The molecule has 0 aliphatic heterocycles. The van der Waals surface area contributed by atoms with Gasteiger partial charge in [0, 0.05) is 29.8 Å². The van der Waals surface area contributed by atoms with Gasteiger partial charge in [-0.1, -0.05) is 6.07 Å². The third kappa shape index (κ3) is 3.39. The lowest BCUT2D eigenvalue weighted by molar-refractivity contribution is 0.0697. The zero-order valence-corrected chi connectivity index (χ0v) is 15.7. The second-order valence-corrected chi connectivity index (χ2v) is 6.80. The molecule has 0 unspecified atom stereocenters. The molecule has 0 aliphatic carbocycles. The largest absolute Gasteiger partial charge is 0.478 e. The lowest BCUT2D eigenvalue weighted by Crippen LogP contribution is -2.05. The van der Waals surface area contributed by atoms with Crippen molar-refractivity contribution < 1.29 is 9.90 Å². The van der Waals surface area contributed by atoms with Gasteiger partial charge in [0.05, 0.1) is 23.0 Å². The number of carbonyl (C=O) groups is 1. The van der Waals surface area contributed by atoms with Crippen LogP contribution < -0.4 is 10.6 Å². The lowest BCUT2D eigenvalue weighted by atomic mass is 10.1. The van der Waals surface area contributed by atoms with Gasteiger partial charge in [-0.15, -0.1) is 0 Å². The molecule has 0 saturated carbocycles. The number of anilines is 3. The van der Waals surface area contributed by atoms with E-state index in [1.54, 1.807) is 18.5 Å². The molecule has 30 heavy (non-hydrogen) atoms. The quantitative estimate of drug-likeness (QED) is 0.293. The molecule has 5 aromatic rings. The van der Waals surface area contributed by atoms with Crippen LogP contribution in [0.3, 0.4) is 0 Å². The summed E-state index contributed by atoms with van der Waals surface area (Å²) in [5, 5.41) is 24.4. The Morgan fingerprint density at radius 2 is 2.03 bits per heavy atom. The van der Waals surface area contributed by atoms with E-state index in [0.717, 1.165) is 21.9 Å². The Labute approximate surface area is 170 Å². The van der Waals surface area contributed by atoms with E-state index in [2.05, 4.69) is 47.9 Å². The molecule has 0 amide bonds. The second-order valence-electron chi connectivity index (χ2n) is 6.80. The molecule has 5 rings (SSSR count). The summed E-state index contributed by atoms with van der Waals surface area (Å²) in [5.41, 5.74) is 3.55. The third-order valence-corrected chi connectivity index (χ3v) is 4.80. The van der Waals surface area contributed by atoms with E-state index < -0.39 is 5.97 Å². The van der Waals surface area contributed by atoms with Crippen LogP contribution in [0.5, 0.6) is 0 Å². The summed E-state index contributed by atoms with van der Waals surface area (Å²) in [7, 11) is 0. The fourth-order valence-electron chi connectivity index (χ4n) is 3.32. The summed E-state index contributed by atoms with van der Waals surface area (Å²) in [5.74, 6) is -0.0177. The van der Waals surface area contributed by atoms with Crippen LogP contribution in [0.4, 0.5) is 17.5 Å². The minimum Gasteiger partial charge on any atom is -0.478 e. The number of nitrogens with zero attached hydrogens (tertiary/aromatic N) is 3. The van der Waals surface area contributed by atoms with Crippen LogP contribution in [0, 0.1) is 0 Å². The molecule has 0 saturated heterocycles. The highest BCUT2D eigenvalue weighted by atomic mass is 16.4. The van der Waals surface area contributed by atoms with Gasteiger partial charge in [0.2, 0.25) is 5.95 Å². The average molecular weight is 399 g/mol. The normalized spacial score (nSPS) is 11.1. The van der Waals surface area contributed by atoms with Crippen LogP contribution in [0.15, 0.2) is 61.1 Å². The summed E-state index contributed by atoms with van der Waals surface area (Å²) >= 11 is 0. The lowest BCUT2D eigenvalue weighted by Gasteiger charge is -2.10. The summed E-state index contributed by atoms with van der Waals surface area (Å²) < 4.78 is 0. The van der Waals surface area contributed by atoms with Gasteiger partial charge in [0.1, 0.15) is 5.82 Å². The number of carboxylic acid groups (broad SMARTS) is 1. The number of rotatable bonds is 6. The number of hydrogen-bond donors (Lipinski definition) is 5. The first-order valence-corrected chi connectivity index (χ1v) is 9.26. The topological polar surface area (TPSA) is 132 Å². The van der Waals surface area contributed by atoms with Crippen LogP contribution in [0.25, 0.3) is 21.8 Å². The first-order chi connectivity index (χ1) is 14.7. The number of hydrogen-bond acceptors (Lipinski definition) is 6. The predicted molar refractivity (Wildman–Crippen MR) is 114 cm³/mol. The van der Waals surface area contributed by atoms with Crippen molar-refractivity contribution in [2.75, 3.05) is 10.6 Å². The molecule has 0 fully saturated rings. The summed E-state index contributed by atoms with van der Waals surface area (Å²) in [6, 6.07) is 13.1. The van der Waals surface area contributed by atoms with E-state index in [-0.39, 0.29) is 5.56 Å². The zero-order valence-electron chi connectivity index (χ0n) is 15.7. The van der Waals surface area contributed by atoms with Crippen LogP contribution in [-0.2, 0) is 6.54 Å². The Morgan fingerprint density at radius 3 is 2.93 bits per heavy atom. The van der Waals surface area contributed by atoms with Crippen molar-refractivity contribution in [2.45, 2.75) is 6.54 Å². The van der Waals surface area contributed by atoms with Crippen LogP contribution >= 0.6 is 0 Å². The zero-order chi connectivity index (χ0) is 20.5. The maximum absolute atomic E-state index is 11.4. The highest BCUT2D eigenvalue weighted by Gasteiger charge is 2.12. The van der Waals surface area contributed by atoms with Crippen LogP contribution in [-0.4, -0.2) is 36.2 Å². The molecule has 5 N–H and O–H groups in total. The Hall–Kier alpha value is -4.40. The molecule has 148 valence electrons. The summed E-state index contributed by atoms with van der Waals surface area (Å²) in [4.78, 5) is 23.3. The molecule has 3 aromatic heterocycles. The fraction of sp³-hybridized carbons (Fsp3) is 0.0476. The Balaban J connectivity index is 1.36. The minimum atomic E-state index is -1.02. The van der Waals surface area contributed by atoms with Crippen molar-refractivity contribution >= 4 is 45.2 Å². The van der Waals surface area contributed by atoms with Crippen LogP contribution in [0.1, 0.15) is 15.9 Å². The predicted octanol–water partition coefficient (Wildman–Crippen LogP) is 3.89. The van der Waals surface area contributed by atoms with E-state index in [9.17, 15) is 9.90 Å². The molecule has 0 aliphatic rings.